The van der Waals surface area contributed by atoms with E-state index in [2.05, 4.69) is 5.43 Å². The minimum Gasteiger partial charge on any atom is -0.274 e. The highest BCUT2D eigenvalue weighted by Crippen LogP contribution is 2.30. The van der Waals surface area contributed by atoms with Crippen LogP contribution in [0.3, 0.4) is 0 Å². The summed E-state index contributed by atoms with van der Waals surface area (Å²) in [6.45, 7) is 1.44. The molecule has 2 rings (SSSR count). The van der Waals surface area contributed by atoms with Crippen LogP contribution in [0.5, 0.6) is 0 Å². The summed E-state index contributed by atoms with van der Waals surface area (Å²) in [5.41, 5.74) is 4.42. The lowest BCUT2D eigenvalue weighted by Gasteiger charge is -2.21. The van der Waals surface area contributed by atoms with Crippen molar-refractivity contribution in [1.82, 2.24) is 10.4 Å². The molecule has 94 valence electrons. The standard InChI is InChI=1S/C11H11N3O3S/c1-8(15)12-13-7-18-6-11(13)9-2-4-10(5-3-9)14(16)17/h2-6H,7H2,1H3,(H,12,15). The van der Waals surface area contributed by atoms with E-state index in [1.807, 2.05) is 5.41 Å². The maximum atomic E-state index is 11.0. The summed E-state index contributed by atoms with van der Waals surface area (Å²) >= 11 is 1.55. The van der Waals surface area contributed by atoms with Crippen LogP contribution in [0.15, 0.2) is 29.7 Å². The van der Waals surface area contributed by atoms with Crippen molar-refractivity contribution >= 4 is 29.1 Å². The van der Waals surface area contributed by atoms with E-state index in [0.717, 1.165) is 11.3 Å². The first-order chi connectivity index (χ1) is 8.58. The largest absolute Gasteiger partial charge is 0.274 e. The van der Waals surface area contributed by atoms with Crippen LogP contribution in [0.2, 0.25) is 0 Å². The highest BCUT2D eigenvalue weighted by molar-refractivity contribution is 8.02. The Kier molecular flexibility index (Phi) is 3.52. The van der Waals surface area contributed by atoms with Gasteiger partial charge in [-0.05, 0) is 17.5 Å². The molecule has 0 saturated carbocycles. The summed E-state index contributed by atoms with van der Waals surface area (Å²) in [5.74, 6) is 0.483. The number of benzene rings is 1. The lowest BCUT2D eigenvalue weighted by atomic mass is 10.1. The third-order valence-corrected chi connectivity index (χ3v) is 3.15. The molecule has 0 saturated heterocycles. The molecule has 1 aromatic carbocycles. The minimum atomic E-state index is -0.437. The van der Waals surface area contributed by atoms with Gasteiger partial charge in [0, 0.05) is 24.6 Å². The molecule has 6 nitrogen and oxygen atoms in total. The Morgan fingerprint density at radius 2 is 2.11 bits per heavy atom. The number of carbonyl (C=O) groups is 1. The molecule has 18 heavy (non-hydrogen) atoms. The smallest absolute Gasteiger partial charge is 0.269 e. The lowest BCUT2D eigenvalue weighted by molar-refractivity contribution is -0.384. The number of nitro groups is 1. The number of thioether (sulfide) groups is 1. The molecular weight excluding hydrogens is 254 g/mol. The molecule has 1 aliphatic rings. The molecule has 1 amide bonds. The number of nitrogens with zero attached hydrogens (tertiary/aromatic N) is 2. The van der Waals surface area contributed by atoms with Gasteiger partial charge in [-0.15, -0.1) is 11.8 Å². The Morgan fingerprint density at radius 1 is 1.44 bits per heavy atom. The molecule has 0 unspecified atom stereocenters. The number of nitro benzene ring substituents is 1. The molecule has 1 heterocycles. The molecule has 0 fully saturated rings. The van der Waals surface area contributed by atoms with Crippen molar-refractivity contribution in [3.8, 4) is 0 Å². The van der Waals surface area contributed by atoms with Crippen molar-refractivity contribution in [2.75, 3.05) is 5.88 Å². The molecule has 1 aromatic rings. The molecule has 0 bridgehead atoms. The lowest BCUT2D eigenvalue weighted by Crippen LogP contribution is -2.37. The van der Waals surface area contributed by atoms with E-state index in [-0.39, 0.29) is 11.6 Å². The predicted octanol–water partition coefficient (Wildman–Crippen LogP) is 1.95. The zero-order valence-electron chi connectivity index (χ0n) is 9.62. The molecule has 1 N–H and O–H groups in total. The van der Waals surface area contributed by atoms with Crippen LogP contribution >= 0.6 is 11.8 Å². The van der Waals surface area contributed by atoms with Gasteiger partial charge in [0.25, 0.3) is 5.69 Å². The van der Waals surface area contributed by atoms with Crippen LogP contribution in [-0.2, 0) is 4.79 Å². The van der Waals surface area contributed by atoms with Gasteiger partial charge in [-0.1, -0.05) is 0 Å². The summed E-state index contributed by atoms with van der Waals surface area (Å²) < 4.78 is 0. The predicted molar refractivity (Wildman–Crippen MR) is 69.2 cm³/mol. The Morgan fingerprint density at radius 3 is 2.67 bits per heavy atom. The van der Waals surface area contributed by atoms with Gasteiger partial charge in [-0.3, -0.25) is 25.3 Å². The summed E-state index contributed by atoms with van der Waals surface area (Å²) in [6.07, 6.45) is 0. The number of non-ortho nitro benzene ring substituents is 1. The Balaban J connectivity index is 2.20. The van der Waals surface area contributed by atoms with Crippen LogP contribution in [0, 0.1) is 10.1 Å². The highest BCUT2D eigenvalue weighted by Gasteiger charge is 2.18. The van der Waals surface area contributed by atoms with Crippen molar-refractivity contribution in [3.63, 3.8) is 0 Å². The number of hydrogen-bond donors (Lipinski definition) is 1. The fraction of sp³-hybridized carbons (Fsp3) is 0.182. The van der Waals surface area contributed by atoms with Gasteiger partial charge in [0.15, 0.2) is 0 Å². The van der Waals surface area contributed by atoms with Crippen LogP contribution in [-0.4, -0.2) is 21.7 Å². The maximum Gasteiger partial charge on any atom is 0.269 e. The first-order valence-electron chi connectivity index (χ1n) is 5.19. The average Bonchev–Trinajstić information content (AvgIpc) is 2.76. The Labute approximate surface area is 108 Å². The Hall–Kier alpha value is -2.02. The number of nitrogens with one attached hydrogen (secondary N) is 1. The van der Waals surface area contributed by atoms with Gasteiger partial charge in [0.2, 0.25) is 5.91 Å². The van der Waals surface area contributed by atoms with Crippen LogP contribution in [0.25, 0.3) is 5.70 Å². The summed E-state index contributed by atoms with van der Waals surface area (Å²) in [6, 6.07) is 6.24. The third-order valence-electron chi connectivity index (χ3n) is 2.36. The summed E-state index contributed by atoms with van der Waals surface area (Å²) in [4.78, 5) is 21.2. The molecule has 0 aliphatic carbocycles. The van der Waals surface area contributed by atoms with Crippen molar-refractivity contribution in [2.24, 2.45) is 0 Å². The van der Waals surface area contributed by atoms with Crippen molar-refractivity contribution in [1.29, 1.82) is 0 Å². The van der Waals surface area contributed by atoms with E-state index in [9.17, 15) is 14.9 Å². The van der Waals surface area contributed by atoms with Crippen LogP contribution in [0.4, 0.5) is 5.69 Å². The maximum absolute atomic E-state index is 11.0. The van der Waals surface area contributed by atoms with Crippen molar-refractivity contribution < 1.29 is 9.72 Å². The first kappa shape index (κ1) is 12.4. The van der Waals surface area contributed by atoms with Crippen molar-refractivity contribution in [3.05, 3.63) is 45.4 Å². The monoisotopic (exact) mass is 265 g/mol. The van der Waals surface area contributed by atoms with Gasteiger partial charge in [0.1, 0.15) is 0 Å². The topological polar surface area (TPSA) is 75.5 Å². The second-order valence-corrected chi connectivity index (χ2v) is 4.53. The second kappa shape index (κ2) is 5.09. The molecule has 0 radical (unpaired) electrons. The van der Waals surface area contributed by atoms with E-state index in [1.54, 1.807) is 28.9 Å². The van der Waals surface area contributed by atoms with E-state index >= 15 is 0 Å². The summed E-state index contributed by atoms with van der Waals surface area (Å²) in [7, 11) is 0. The molecule has 0 atom stereocenters. The minimum absolute atomic E-state index is 0.0519. The average molecular weight is 265 g/mol. The van der Waals surface area contributed by atoms with E-state index in [4.69, 9.17) is 0 Å². The SMILES string of the molecule is CC(=O)NN1CSC=C1c1ccc([N+](=O)[O-])cc1. The number of hydrogen-bond acceptors (Lipinski definition) is 5. The number of rotatable bonds is 3. The number of carbonyl (C=O) groups excluding carboxylic acids is 1. The Bertz CT molecular complexity index is 513. The van der Waals surface area contributed by atoms with Crippen LogP contribution < -0.4 is 5.43 Å². The van der Waals surface area contributed by atoms with Gasteiger partial charge in [-0.25, -0.2) is 0 Å². The zero-order chi connectivity index (χ0) is 13.1. The molecular formula is C11H11N3O3S. The molecule has 0 aromatic heterocycles. The first-order valence-corrected chi connectivity index (χ1v) is 6.24. The normalized spacial score (nSPS) is 14.3. The van der Waals surface area contributed by atoms with E-state index in [1.165, 1.54) is 19.1 Å². The number of hydrazine groups is 1. The molecule has 7 heteroatoms. The third kappa shape index (κ3) is 2.62. The number of amides is 1. The van der Waals surface area contributed by atoms with Gasteiger partial charge >= 0.3 is 0 Å². The van der Waals surface area contributed by atoms with E-state index in [0.29, 0.717) is 5.88 Å². The second-order valence-electron chi connectivity index (χ2n) is 3.70. The fourth-order valence-corrected chi connectivity index (χ4v) is 2.43. The highest BCUT2D eigenvalue weighted by atomic mass is 32.2. The zero-order valence-corrected chi connectivity index (χ0v) is 10.4. The molecule has 1 aliphatic heterocycles. The van der Waals surface area contributed by atoms with Gasteiger partial charge in [0.05, 0.1) is 16.5 Å². The summed E-state index contributed by atoms with van der Waals surface area (Å²) in [5, 5.41) is 14.2. The van der Waals surface area contributed by atoms with Gasteiger partial charge < -0.3 is 0 Å². The van der Waals surface area contributed by atoms with E-state index < -0.39 is 4.92 Å². The fourth-order valence-electron chi connectivity index (χ4n) is 1.58. The van der Waals surface area contributed by atoms with Crippen molar-refractivity contribution in [2.45, 2.75) is 6.92 Å². The van der Waals surface area contributed by atoms with Gasteiger partial charge in [-0.2, -0.15) is 0 Å². The molecule has 0 spiro atoms. The quantitative estimate of drug-likeness (QED) is 0.667. The van der Waals surface area contributed by atoms with Crippen LogP contribution in [0.1, 0.15) is 12.5 Å².